The van der Waals surface area contributed by atoms with Gasteiger partial charge in [0, 0.05) is 46.5 Å². The molecule has 0 aromatic carbocycles. The van der Waals surface area contributed by atoms with Gasteiger partial charge in [-0.15, -0.1) is 0 Å². The molecule has 2 aliphatic heterocycles. The SMILES string of the molecule is CC(=O)OC[C@H]1O[C@H](F)[C@H](OC(C)=O)[C@@H](OC(C)=O)[C@@H]1O[C@@H]1O[C@H](CN=[N+]=[N-])[C@@H](OC(C)=O)[C@H](OC(C)=O)[C@H]1OC(C)=O. The van der Waals surface area contributed by atoms with Crippen LogP contribution in [0.4, 0.5) is 4.39 Å². The van der Waals surface area contributed by atoms with E-state index in [4.69, 9.17) is 48.2 Å². The minimum Gasteiger partial charge on any atom is -0.463 e. The molecule has 0 spiro atoms. The summed E-state index contributed by atoms with van der Waals surface area (Å²) >= 11 is 0. The van der Waals surface area contributed by atoms with Crippen LogP contribution in [0.3, 0.4) is 0 Å². The van der Waals surface area contributed by atoms with Crippen LogP contribution in [0.25, 0.3) is 10.4 Å². The predicted molar refractivity (Wildman–Crippen MR) is 132 cm³/mol. The molecule has 2 saturated heterocycles. The summed E-state index contributed by atoms with van der Waals surface area (Å²) in [7, 11) is 0. The normalized spacial score (nSPS) is 31.8. The van der Waals surface area contributed by atoms with Gasteiger partial charge in [-0.05, 0) is 5.53 Å². The molecular weight excluding hydrogens is 589 g/mol. The molecule has 43 heavy (non-hydrogen) atoms. The number of rotatable bonds is 11. The zero-order chi connectivity index (χ0) is 32.4. The Kier molecular flexibility index (Phi) is 13.0. The molecule has 0 unspecified atom stereocenters. The van der Waals surface area contributed by atoms with Gasteiger partial charge in [0.25, 0.3) is 0 Å². The van der Waals surface area contributed by atoms with Gasteiger partial charge >= 0.3 is 35.8 Å². The van der Waals surface area contributed by atoms with E-state index >= 15 is 4.39 Å². The van der Waals surface area contributed by atoms with Gasteiger partial charge in [0.15, 0.2) is 36.8 Å². The van der Waals surface area contributed by atoms with Gasteiger partial charge < -0.3 is 42.6 Å². The number of carbonyl (C=O) groups is 6. The molecule has 2 heterocycles. The highest BCUT2D eigenvalue weighted by molar-refractivity contribution is 5.69. The molecule has 2 aliphatic rings. The third-order valence-corrected chi connectivity index (χ3v) is 5.75. The lowest BCUT2D eigenvalue weighted by Crippen LogP contribution is -2.66. The highest BCUT2D eigenvalue weighted by Gasteiger charge is 2.57. The van der Waals surface area contributed by atoms with Crippen LogP contribution in [0, 0.1) is 0 Å². The fraction of sp³-hybridized carbons (Fsp3) is 0.750. The maximum atomic E-state index is 15.1. The Hall–Kier alpha value is -4.06. The zero-order valence-electron chi connectivity index (χ0n) is 24.0. The Morgan fingerprint density at radius 1 is 0.651 bits per heavy atom. The van der Waals surface area contributed by atoms with Gasteiger partial charge in [-0.25, -0.2) is 4.39 Å². The van der Waals surface area contributed by atoms with Gasteiger partial charge in [-0.2, -0.15) is 0 Å². The lowest BCUT2D eigenvalue weighted by molar-refractivity contribution is -0.348. The van der Waals surface area contributed by atoms with E-state index in [9.17, 15) is 28.8 Å². The van der Waals surface area contributed by atoms with Crippen molar-refractivity contribution in [1.29, 1.82) is 0 Å². The second-order valence-corrected chi connectivity index (χ2v) is 9.26. The van der Waals surface area contributed by atoms with Crippen molar-refractivity contribution in [3.05, 3.63) is 10.4 Å². The van der Waals surface area contributed by atoms with Gasteiger partial charge in [-0.3, -0.25) is 28.8 Å². The Morgan fingerprint density at radius 3 is 1.60 bits per heavy atom. The van der Waals surface area contributed by atoms with Gasteiger partial charge in [0.1, 0.15) is 24.9 Å². The zero-order valence-corrected chi connectivity index (χ0v) is 24.0. The molecule has 2 fully saturated rings. The fourth-order valence-corrected chi connectivity index (χ4v) is 4.39. The number of esters is 6. The first-order valence-corrected chi connectivity index (χ1v) is 12.7. The number of hydrogen-bond donors (Lipinski definition) is 0. The van der Waals surface area contributed by atoms with Crippen molar-refractivity contribution >= 4 is 35.8 Å². The third-order valence-electron chi connectivity index (χ3n) is 5.75. The van der Waals surface area contributed by atoms with Crippen molar-refractivity contribution in [3.8, 4) is 0 Å². The van der Waals surface area contributed by atoms with E-state index < -0.39 is 110 Å². The van der Waals surface area contributed by atoms with Crippen LogP contribution in [-0.2, 0) is 71.4 Å². The van der Waals surface area contributed by atoms with E-state index in [1.54, 1.807) is 0 Å². The van der Waals surface area contributed by atoms with Crippen molar-refractivity contribution in [2.45, 2.75) is 103 Å². The molecule has 2 rings (SSSR count). The van der Waals surface area contributed by atoms with Gasteiger partial charge in [-0.1, -0.05) is 5.11 Å². The van der Waals surface area contributed by atoms with Crippen molar-refractivity contribution in [3.63, 3.8) is 0 Å². The highest BCUT2D eigenvalue weighted by atomic mass is 19.1. The fourth-order valence-electron chi connectivity index (χ4n) is 4.39. The maximum absolute atomic E-state index is 15.1. The van der Waals surface area contributed by atoms with Crippen molar-refractivity contribution in [2.75, 3.05) is 13.2 Å². The first-order valence-electron chi connectivity index (χ1n) is 12.7. The quantitative estimate of drug-likeness (QED) is 0.0993. The molecule has 0 aromatic rings. The lowest BCUT2D eigenvalue weighted by Gasteiger charge is -2.47. The molecule has 0 bridgehead atoms. The summed E-state index contributed by atoms with van der Waals surface area (Å²) in [5, 5.41) is 3.41. The monoisotopic (exact) mass is 621 g/mol. The summed E-state index contributed by atoms with van der Waals surface area (Å²) in [5.74, 6) is -5.47. The summed E-state index contributed by atoms with van der Waals surface area (Å²) in [5.41, 5.74) is 8.88. The molecule has 18 nitrogen and oxygen atoms in total. The van der Waals surface area contributed by atoms with E-state index in [1.807, 2.05) is 0 Å². The molecule has 0 N–H and O–H groups in total. The maximum Gasteiger partial charge on any atom is 0.303 e. The number of carbonyl (C=O) groups excluding carboxylic acids is 6. The summed E-state index contributed by atoms with van der Waals surface area (Å²) in [6.07, 6.45) is -17.3. The van der Waals surface area contributed by atoms with Crippen LogP contribution in [0.5, 0.6) is 0 Å². The van der Waals surface area contributed by atoms with Crippen molar-refractivity contribution < 1.29 is 75.8 Å². The van der Waals surface area contributed by atoms with Crippen LogP contribution < -0.4 is 0 Å². The van der Waals surface area contributed by atoms with E-state index in [2.05, 4.69) is 10.0 Å². The smallest absolute Gasteiger partial charge is 0.303 e. The Labute approximate surface area is 243 Å². The van der Waals surface area contributed by atoms with E-state index in [1.165, 1.54) is 0 Å². The molecule has 0 aromatic heterocycles. The molecule has 0 aliphatic carbocycles. The minimum atomic E-state index is -2.40. The summed E-state index contributed by atoms with van der Waals surface area (Å²) < 4.78 is 63.4. The predicted octanol–water partition coefficient (Wildman–Crippen LogP) is 0.323. The number of ether oxygens (including phenoxy) is 9. The standard InChI is InChI=1S/C24H32FN3O15/c1-9(29)35-8-16-18(19(37-11(3)31)21(23(25)41-16)39-13(5)33)43-24-22(40-14(6)34)20(38-12(4)32)17(36-10(2)30)15(42-24)7-27-28-26/h15-24H,7-8H2,1-6H3/t15-,16-,17-,18-,19+,20+,21-,22-,23+,24+/m1/s1. The van der Waals surface area contributed by atoms with E-state index in [-0.39, 0.29) is 0 Å². The second kappa shape index (κ2) is 16.0. The number of alkyl halides is 1. The topological polar surface area (TPSA) is 234 Å². The third kappa shape index (κ3) is 10.3. The minimum absolute atomic E-state index is 0.521. The molecule has 19 heteroatoms. The van der Waals surface area contributed by atoms with Crippen LogP contribution in [0.1, 0.15) is 41.5 Å². The summed E-state index contributed by atoms with van der Waals surface area (Å²) in [6.45, 7) is 4.83. The molecule has 0 amide bonds. The van der Waals surface area contributed by atoms with Crippen molar-refractivity contribution in [2.24, 2.45) is 5.11 Å². The average molecular weight is 622 g/mol. The first-order chi connectivity index (χ1) is 20.1. The van der Waals surface area contributed by atoms with E-state index in [0.29, 0.717) is 0 Å². The molecule has 10 atom stereocenters. The van der Waals surface area contributed by atoms with Crippen molar-refractivity contribution in [1.82, 2.24) is 0 Å². The summed E-state index contributed by atoms with van der Waals surface area (Å²) in [6, 6.07) is 0. The first kappa shape index (κ1) is 35.1. The Balaban J connectivity index is 2.66. The molecule has 240 valence electrons. The number of halogens is 1. The van der Waals surface area contributed by atoms with Gasteiger partial charge in [0.05, 0.1) is 6.54 Å². The highest BCUT2D eigenvalue weighted by Crippen LogP contribution is 2.35. The Bertz CT molecular complexity index is 1120. The van der Waals surface area contributed by atoms with Gasteiger partial charge in [0.2, 0.25) is 6.36 Å². The number of azide groups is 1. The van der Waals surface area contributed by atoms with E-state index in [0.717, 1.165) is 41.5 Å². The molecule has 0 radical (unpaired) electrons. The number of hydrogen-bond acceptors (Lipinski definition) is 16. The lowest BCUT2D eigenvalue weighted by atomic mass is 9.96. The van der Waals surface area contributed by atoms with Crippen LogP contribution in [-0.4, -0.2) is 110 Å². The Morgan fingerprint density at radius 2 is 1.12 bits per heavy atom. The average Bonchev–Trinajstić information content (AvgIpc) is 2.87. The largest absolute Gasteiger partial charge is 0.463 e. The molecule has 0 saturated carbocycles. The second-order valence-electron chi connectivity index (χ2n) is 9.26. The number of nitrogens with zero attached hydrogens (tertiary/aromatic N) is 3. The van der Waals surface area contributed by atoms with Crippen LogP contribution >= 0.6 is 0 Å². The van der Waals surface area contributed by atoms with Crippen LogP contribution in [0.2, 0.25) is 0 Å². The molecular formula is C24H32FN3O15. The summed E-state index contributed by atoms with van der Waals surface area (Å²) in [4.78, 5) is 74.1. The van der Waals surface area contributed by atoms with Crippen LogP contribution in [0.15, 0.2) is 5.11 Å².